The highest BCUT2D eigenvalue weighted by atomic mass is 35.5. The lowest BCUT2D eigenvalue weighted by molar-refractivity contribution is 0.103. The highest BCUT2D eigenvalue weighted by Crippen LogP contribution is 2.42. The van der Waals surface area contributed by atoms with Crippen LogP contribution in [0.4, 0.5) is 0 Å². The molecule has 0 saturated heterocycles. The second-order valence-electron chi connectivity index (χ2n) is 7.21. The van der Waals surface area contributed by atoms with Gasteiger partial charge >= 0.3 is 0 Å². The lowest BCUT2D eigenvalue weighted by Crippen LogP contribution is -2.34. The van der Waals surface area contributed by atoms with Crippen LogP contribution in [0.5, 0.6) is 5.75 Å². The first-order valence-corrected chi connectivity index (χ1v) is 9.64. The Balaban J connectivity index is 1.59. The summed E-state index contributed by atoms with van der Waals surface area (Å²) in [5, 5.41) is 11.6. The maximum absolute atomic E-state index is 13.0. The first kappa shape index (κ1) is 17.6. The Labute approximate surface area is 172 Å². The molecule has 1 atom stereocenters. The van der Waals surface area contributed by atoms with E-state index in [1.54, 1.807) is 12.3 Å². The third-order valence-electron chi connectivity index (χ3n) is 5.55. The van der Waals surface area contributed by atoms with Gasteiger partial charge in [-0.2, -0.15) is 0 Å². The zero-order chi connectivity index (χ0) is 20.1. The van der Waals surface area contributed by atoms with Gasteiger partial charge in [-0.1, -0.05) is 29.8 Å². The zero-order valence-corrected chi connectivity index (χ0v) is 16.1. The molecule has 1 aromatic heterocycles. The minimum Gasteiger partial charge on any atom is -0.507 e. The third-order valence-corrected chi connectivity index (χ3v) is 5.79. The van der Waals surface area contributed by atoms with Gasteiger partial charge in [0.05, 0.1) is 12.1 Å². The molecular formula is C23H16ClN3O2. The summed E-state index contributed by atoms with van der Waals surface area (Å²) in [7, 11) is 0. The molecule has 0 amide bonds. The van der Waals surface area contributed by atoms with Crippen molar-refractivity contribution in [3.05, 3.63) is 99.3 Å². The summed E-state index contributed by atoms with van der Waals surface area (Å²) in [6, 6.07) is 12.3. The topological polar surface area (TPSA) is 60.7 Å². The number of aromatic nitrogens is 1. The number of carbonyl (C=O) groups excluding carboxylic acids is 1. The van der Waals surface area contributed by atoms with Gasteiger partial charge in [0.2, 0.25) is 0 Å². The summed E-state index contributed by atoms with van der Waals surface area (Å²) in [4.78, 5) is 22.3. The fourth-order valence-electron chi connectivity index (χ4n) is 4.23. The Hall–Kier alpha value is -3.49. The molecule has 2 N–H and O–H groups in total. The summed E-state index contributed by atoms with van der Waals surface area (Å²) in [5.74, 6) is -0.483. The molecule has 0 spiro atoms. The number of para-hydroxylation sites is 1. The molecule has 2 aromatic carbocycles. The Bertz CT molecular complexity index is 1280. The summed E-state index contributed by atoms with van der Waals surface area (Å²) in [6.07, 6.45) is 4.23. The second kappa shape index (κ2) is 6.54. The molecule has 1 unspecified atom stereocenters. The normalized spacial score (nSPS) is 17.8. The molecule has 0 fully saturated rings. The molecule has 0 radical (unpaired) electrons. The number of hydrogen-bond acceptors (Lipinski definition) is 3. The average Bonchev–Trinajstić information content (AvgIpc) is 3.12. The van der Waals surface area contributed by atoms with Crippen LogP contribution in [0.1, 0.15) is 27.7 Å². The number of halogens is 1. The van der Waals surface area contributed by atoms with Crippen molar-refractivity contribution in [1.82, 2.24) is 9.88 Å². The average molecular weight is 402 g/mol. The van der Waals surface area contributed by atoms with E-state index in [9.17, 15) is 9.90 Å². The Morgan fingerprint density at radius 3 is 2.93 bits per heavy atom. The number of aromatic hydroxyl groups is 1. The minimum absolute atomic E-state index is 0.128. The van der Waals surface area contributed by atoms with Crippen LogP contribution in [0.2, 0.25) is 5.02 Å². The molecule has 29 heavy (non-hydrogen) atoms. The van der Waals surface area contributed by atoms with Gasteiger partial charge in [-0.15, -0.1) is 0 Å². The number of phenols is 1. The SMILES string of the molecule is [C-]#[N+]C1=CC(C(=O)c2cc(Cl)ccc2O)=CN2CCc3c([nH]c4ccccc34)C12. The first-order chi connectivity index (χ1) is 14.1. The fraction of sp³-hybridized carbons (Fsp3) is 0.130. The molecule has 0 bridgehead atoms. The number of rotatable bonds is 2. The molecule has 2 aliphatic heterocycles. The van der Waals surface area contributed by atoms with Gasteiger partial charge in [0.15, 0.2) is 11.5 Å². The molecule has 0 saturated carbocycles. The first-order valence-electron chi connectivity index (χ1n) is 9.26. The predicted molar refractivity (Wildman–Crippen MR) is 112 cm³/mol. The second-order valence-corrected chi connectivity index (χ2v) is 7.65. The van der Waals surface area contributed by atoms with Crippen molar-refractivity contribution in [2.45, 2.75) is 12.5 Å². The van der Waals surface area contributed by atoms with E-state index in [1.807, 2.05) is 23.1 Å². The van der Waals surface area contributed by atoms with E-state index in [2.05, 4.69) is 15.9 Å². The van der Waals surface area contributed by atoms with E-state index >= 15 is 0 Å². The van der Waals surface area contributed by atoms with Crippen LogP contribution in [0.3, 0.4) is 0 Å². The number of fused-ring (bicyclic) bond motifs is 5. The highest BCUT2D eigenvalue weighted by Gasteiger charge is 2.35. The molecule has 5 nitrogen and oxygen atoms in total. The molecule has 5 rings (SSSR count). The van der Waals surface area contributed by atoms with Crippen LogP contribution < -0.4 is 0 Å². The van der Waals surface area contributed by atoms with Gasteiger partial charge in [0.1, 0.15) is 11.8 Å². The standard InChI is InChI=1S/C23H16ClN3O2/c1-25-19-10-13(23(29)17-11-14(24)6-7-20(17)28)12-27-9-8-16-15-4-2-3-5-18(15)26-21(16)22(19)27/h2-7,10-12,22,26,28H,8-9H2. The van der Waals surface area contributed by atoms with E-state index in [0.717, 1.165) is 17.6 Å². The van der Waals surface area contributed by atoms with E-state index in [4.69, 9.17) is 18.2 Å². The van der Waals surface area contributed by atoms with Crippen LogP contribution in [-0.4, -0.2) is 27.3 Å². The summed E-state index contributed by atoms with van der Waals surface area (Å²) in [6.45, 7) is 8.41. The summed E-state index contributed by atoms with van der Waals surface area (Å²) < 4.78 is 0. The smallest absolute Gasteiger partial charge is 0.196 e. The number of hydrogen-bond donors (Lipinski definition) is 2. The van der Waals surface area contributed by atoms with E-state index in [-0.39, 0.29) is 23.1 Å². The molecule has 0 aliphatic carbocycles. The van der Waals surface area contributed by atoms with E-state index in [0.29, 0.717) is 22.8 Å². The van der Waals surface area contributed by atoms with Crippen LogP contribution in [0.25, 0.3) is 15.7 Å². The maximum atomic E-state index is 13.0. The Morgan fingerprint density at radius 1 is 1.28 bits per heavy atom. The van der Waals surface area contributed by atoms with Crippen molar-refractivity contribution in [3.63, 3.8) is 0 Å². The molecule has 6 heteroatoms. The van der Waals surface area contributed by atoms with Crippen LogP contribution in [0, 0.1) is 6.57 Å². The zero-order valence-electron chi connectivity index (χ0n) is 15.3. The molecule has 142 valence electrons. The number of nitrogens with one attached hydrogen (secondary N) is 1. The van der Waals surface area contributed by atoms with Gasteiger partial charge in [0.25, 0.3) is 0 Å². The molecular weight excluding hydrogens is 386 g/mol. The van der Waals surface area contributed by atoms with Crippen LogP contribution >= 0.6 is 11.6 Å². The summed E-state index contributed by atoms with van der Waals surface area (Å²) >= 11 is 6.00. The number of benzene rings is 2. The van der Waals surface area contributed by atoms with Gasteiger partial charge in [-0.25, -0.2) is 4.85 Å². The molecule has 3 heterocycles. The van der Waals surface area contributed by atoms with Crippen molar-refractivity contribution in [2.24, 2.45) is 0 Å². The van der Waals surface area contributed by atoms with Crippen molar-refractivity contribution >= 4 is 28.3 Å². The number of nitrogens with zero attached hydrogens (tertiary/aromatic N) is 2. The third kappa shape index (κ3) is 2.72. The quantitative estimate of drug-likeness (QED) is 0.468. The van der Waals surface area contributed by atoms with Gasteiger partial charge < -0.3 is 15.0 Å². The number of Topliss-reactive ketones (excluding diaryl/α,β-unsaturated/α-hetero) is 1. The number of allylic oxidation sites excluding steroid dienone is 2. The van der Waals surface area contributed by atoms with Crippen molar-refractivity contribution < 1.29 is 9.90 Å². The number of carbonyl (C=O) groups is 1. The maximum Gasteiger partial charge on any atom is 0.196 e. The Kier molecular flexibility index (Phi) is 3.97. The van der Waals surface area contributed by atoms with Gasteiger partial charge in [0, 0.05) is 39.9 Å². The monoisotopic (exact) mass is 401 g/mol. The highest BCUT2D eigenvalue weighted by molar-refractivity contribution is 6.31. The lowest BCUT2D eigenvalue weighted by Gasteiger charge is -2.37. The number of H-pyrrole nitrogens is 1. The largest absolute Gasteiger partial charge is 0.507 e. The van der Waals surface area contributed by atoms with E-state index in [1.165, 1.54) is 29.1 Å². The fourth-order valence-corrected chi connectivity index (χ4v) is 4.41. The number of aromatic amines is 1. The molecule has 3 aromatic rings. The van der Waals surface area contributed by atoms with Crippen LogP contribution in [-0.2, 0) is 6.42 Å². The lowest BCUT2D eigenvalue weighted by atomic mass is 9.91. The Morgan fingerprint density at radius 2 is 2.10 bits per heavy atom. The molecule has 2 aliphatic rings. The van der Waals surface area contributed by atoms with Crippen molar-refractivity contribution in [2.75, 3.05) is 6.54 Å². The minimum atomic E-state index is -0.355. The summed E-state index contributed by atoms with van der Waals surface area (Å²) in [5.41, 5.74) is 4.26. The van der Waals surface area contributed by atoms with Gasteiger partial charge in [-0.05, 0) is 42.3 Å². The van der Waals surface area contributed by atoms with Gasteiger partial charge in [-0.3, -0.25) is 4.79 Å². The predicted octanol–water partition coefficient (Wildman–Crippen LogP) is 5.01. The van der Waals surface area contributed by atoms with Crippen molar-refractivity contribution in [3.8, 4) is 5.75 Å². The number of ketones is 1. The van der Waals surface area contributed by atoms with Crippen molar-refractivity contribution in [1.29, 1.82) is 0 Å². The number of phenolic OH excluding ortho intramolecular Hbond substituents is 1. The van der Waals surface area contributed by atoms with Crippen LogP contribution in [0.15, 0.2) is 66.0 Å². The van der Waals surface area contributed by atoms with E-state index < -0.39 is 0 Å².